The Balaban J connectivity index is 1.29. The number of nitrogens with one attached hydrogen (secondary N) is 2. The first-order valence-corrected chi connectivity index (χ1v) is 9.70. The molecule has 1 amide bonds. The Labute approximate surface area is 166 Å². The molecule has 29 heavy (non-hydrogen) atoms. The second-order valence-electron chi connectivity index (χ2n) is 7.32. The van der Waals surface area contributed by atoms with Gasteiger partial charge >= 0.3 is 0 Å². The van der Waals surface area contributed by atoms with E-state index >= 15 is 0 Å². The van der Waals surface area contributed by atoms with Gasteiger partial charge in [-0.3, -0.25) is 4.79 Å². The molecular weight excluding hydrogens is 378 g/mol. The van der Waals surface area contributed by atoms with Gasteiger partial charge in [0.15, 0.2) is 23.1 Å². The number of imidazole rings is 1. The number of amides is 1. The number of fused-ring (bicyclic) bond motifs is 1. The molecule has 4 rings (SSSR count). The number of aromatic amines is 1. The maximum absolute atomic E-state index is 13.2. The number of carbonyl (C=O) groups excluding carboxylic acids is 1. The molecule has 0 radical (unpaired) electrons. The van der Waals surface area contributed by atoms with Crippen molar-refractivity contribution in [3.8, 4) is 0 Å². The van der Waals surface area contributed by atoms with Gasteiger partial charge in [0.2, 0.25) is 5.91 Å². The molecule has 152 valence electrons. The molecule has 1 atom stereocenters. The third-order valence-electron chi connectivity index (χ3n) is 5.27. The fraction of sp³-hybridized carbons (Fsp3) is 0.400. The van der Waals surface area contributed by atoms with Crippen LogP contribution in [-0.4, -0.2) is 38.9 Å². The highest BCUT2D eigenvalue weighted by Gasteiger charge is 2.23. The van der Waals surface area contributed by atoms with Gasteiger partial charge in [-0.25, -0.2) is 23.7 Å². The number of nitrogens with zero attached hydrogens (tertiary/aromatic N) is 4. The molecule has 0 unspecified atom stereocenters. The molecule has 2 N–H and O–H groups in total. The summed E-state index contributed by atoms with van der Waals surface area (Å²) in [4.78, 5) is 30.2. The molecule has 7 nitrogen and oxygen atoms in total. The van der Waals surface area contributed by atoms with Crippen LogP contribution in [0.15, 0.2) is 30.9 Å². The van der Waals surface area contributed by atoms with Crippen LogP contribution in [0.3, 0.4) is 0 Å². The van der Waals surface area contributed by atoms with Crippen LogP contribution in [0.1, 0.15) is 31.2 Å². The van der Waals surface area contributed by atoms with E-state index in [9.17, 15) is 13.6 Å². The van der Waals surface area contributed by atoms with E-state index in [4.69, 9.17) is 0 Å². The highest BCUT2D eigenvalue weighted by atomic mass is 19.2. The standard InChI is InChI=1S/C20H22F2N6O/c21-15-5-3-14(8-16(15)22)9-23-17(29)6-4-13-2-1-7-28(10-13)20-18-19(25-11-24-18)26-12-27-20/h3,5,8,11-13H,1-2,4,6-7,9-10H2,(H,23,29)(H,24,25,26,27)/t13-/m1/s1. The van der Waals surface area contributed by atoms with Crippen LogP contribution < -0.4 is 10.2 Å². The van der Waals surface area contributed by atoms with E-state index in [1.807, 2.05) is 0 Å². The largest absolute Gasteiger partial charge is 0.354 e. The molecule has 0 aliphatic carbocycles. The summed E-state index contributed by atoms with van der Waals surface area (Å²) in [5.41, 5.74) is 2.01. The highest BCUT2D eigenvalue weighted by Crippen LogP contribution is 2.27. The van der Waals surface area contributed by atoms with Crippen LogP contribution in [-0.2, 0) is 11.3 Å². The van der Waals surface area contributed by atoms with Gasteiger partial charge in [0.05, 0.1) is 6.33 Å². The topological polar surface area (TPSA) is 86.8 Å². The molecule has 1 aliphatic rings. The van der Waals surface area contributed by atoms with Crippen molar-refractivity contribution in [3.63, 3.8) is 0 Å². The van der Waals surface area contributed by atoms with Crippen molar-refractivity contribution < 1.29 is 13.6 Å². The molecule has 1 aromatic carbocycles. The van der Waals surface area contributed by atoms with E-state index < -0.39 is 11.6 Å². The third kappa shape index (κ3) is 4.49. The van der Waals surface area contributed by atoms with Gasteiger partial charge in [-0.2, -0.15) is 0 Å². The van der Waals surface area contributed by atoms with Crippen LogP contribution >= 0.6 is 0 Å². The van der Waals surface area contributed by atoms with Crippen molar-refractivity contribution in [1.29, 1.82) is 0 Å². The maximum Gasteiger partial charge on any atom is 0.220 e. The normalized spacial score (nSPS) is 16.9. The number of benzene rings is 1. The van der Waals surface area contributed by atoms with Crippen molar-refractivity contribution in [2.24, 2.45) is 5.92 Å². The first-order chi connectivity index (χ1) is 14.1. The molecule has 0 saturated carbocycles. The number of carbonyl (C=O) groups is 1. The molecule has 0 bridgehead atoms. The number of H-pyrrole nitrogens is 1. The Kier molecular flexibility index (Phi) is 5.64. The summed E-state index contributed by atoms with van der Waals surface area (Å²) in [7, 11) is 0. The number of aromatic nitrogens is 4. The van der Waals surface area contributed by atoms with E-state index in [1.54, 1.807) is 6.33 Å². The average molecular weight is 400 g/mol. The van der Waals surface area contributed by atoms with Crippen molar-refractivity contribution in [1.82, 2.24) is 25.3 Å². The van der Waals surface area contributed by atoms with Gasteiger partial charge in [0, 0.05) is 26.1 Å². The lowest BCUT2D eigenvalue weighted by Gasteiger charge is -2.33. The maximum atomic E-state index is 13.2. The zero-order valence-electron chi connectivity index (χ0n) is 15.9. The minimum Gasteiger partial charge on any atom is -0.354 e. The Morgan fingerprint density at radius 1 is 1.24 bits per heavy atom. The number of hydrogen-bond acceptors (Lipinski definition) is 5. The predicted molar refractivity (Wildman–Crippen MR) is 104 cm³/mol. The van der Waals surface area contributed by atoms with Gasteiger partial charge < -0.3 is 15.2 Å². The second-order valence-corrected chi connectivity index (χ2v) is 7.32. The van der Waals surface area contributed by atoms with Crippen LogP contribution in [0.5, 0.6) is 0 Å². The molecule has 3 aromatic rings. The minimum absolute atomic E-state index is 0.0927. The molecule has 1 aliphatic heterocycles. The zero-order chi connectivity index (χ0) is 20.2. The summed E-state index contributed by atoms with van der Waals surface area (Å²) in [6.07, 6.45) is 6.38. The number of rotatable bonds is 6. The minimum atomic E-state index is -0.907. The lowest BCUT2D eigenvalue weighted by atomic mass is 9.93. The second kappa shape index (κ2) is 8.50. The van der Waals surface area contributed by atoms with Crippen molar-refractivity contribution in [2.75, 3.05) is 18.0 Å². The number of hydrogen-bond donors (Lipinski definition) is 2. The molecule has 0 spiro atoms. The zero-order valence-corrected chi connectivity index (χ0v) is 15.9. The van der Waals surface area contributed by atoms with Gasteiger partial charge in [0.1, 0.15) is 11.8 Å². The van der Waals surface area contributed by atoms with E-state index in [1.165, 1.54) is 12.4 Å². The monoisotopic (exact) mass is 400 g/mol. The van der Waals surface area contributed by atoms with E-state index in [0.717, 1.165) is 55.8 Å². The van der Waals surface area contributed by atoms with Crippen molar-refractivity contribution in [3.05, 3.63) is 48.1 Å². The van der Waals surface area contributed by atoms with Gasteiger partial charge in [0.25, 0.3) is 0 Å². The van der Waals surface area contributed by atoms with Gasteiger partial charge in [-0.1, -0.05) is 6.07 Å². The Hall–Kier alpha value is -3.10. The molecule has 1 fully saturated rings. The summed E-state index contributed by atoms with van der Waals surface area (Å²) >= 11 is 0. The predicted octanol–water partition coefficient (Wildman–Crippen LogP) is 2.94. The third-order valence-corrected chi connectivity index (χ3v) is 5.27. The summed E-state index contributed by atoms with van der Waals surface area (Å²) in [5.74, 6) is -0.663. The van der Waals surface area contributed by atoms with Crippen molar-refractivity contribution >= 4 is 22.9 Å². The fourth-order valence-electron chi connectivity index (χ4n) is 3.76. The van der Waals surface area contributed by atoms with E-state index in [-0.39, 0.29) is 12.5 Å². The molecule has 2 aromatic heterocycles. The number of piperidine rings is 1. The van der Waals surface area contributed by atoms with Gasteiger partial charge in [-0.15, -0.1) is 0 Å². The Morgan fingerprint density at radius 3 is 3.00 bits per heavy atom. The summed E-state index contributed by atoms with van der Waals surface area (Å²) in [6, 6.07) is 3.64. The van der Waals surface area contributed by atoms with Crippen LogP contribution in [0, 0.1) is 17.6 Å². The fourth-order valence-corrected chi connectivity index (χ4v) is 3.76. The lowest BCUT2D eigenvalue weighted by molar-refractivity contribution is -0.121. The lowest BCUT2D eigenvalue weighted by Crippen LogP contribution is -2.36. The van der Waals surface area contributed by atoms with Crippen LogP contribution in [0.2, 0.25) is 0 Å². The Bertz CT molecular complexity index is 1010. The SMILES string of the molecule is O=C(CC[C@H]1CCCN(c2ncnc3nc[nH]c23)C1)NCc1ccc(F)c(F)c1. The van der Waals surface area contributed by atoms with E-state index in [2.05, 4.69) is 30.2 Å². The highest BCUT2D eigenvalue weighted by molar-refractivity contribution is 5.82. The Morgan fingerprint density at radius 2 is 2.14 bits per heavy atom. The van der Waals surface area contributed by atoms with Crippen LogP contribution in [0.25, 0.3) is 11.2 Å². The number of anilines is 1. The van der Waals surface area contributed by atoms with Crippen LogP contribution in [0.4, 0.5) is 14.6 Å². The molecular formula is C20H22F2N6O. The molecule has 9 heteroatoms. The first-order valence-electron chi connectivity index (χ1n) is 9.70. The summed E-state index contributed by atoms with van der Waals surface area (Å²) in [5, 5.41) is 2.77. The van der Waals surface area contributed by atoms with E-state index in [0.29, 0.717) is 23.5 Å². The first kappa shape index (κ1) is 19.2. The summed E-state index contributed by atoms with van der Waals surface area (Å²) in [6.45, 7) is 1.91. The smallest absolute Gasteiger partial charge is 0.220 e. The summed E-state index contributed by atoms with van der Waals surface area (Å²) < 4.78 is 26.2. The average Bonchev–Trinajstić information content (AvgIpc) is 3.22. The molecule has 1 saturated heterocycles. The molecule has 3 heterocycles. The number of halogens is 2. The van der Waals surface area contributed by atoms with Gasteiger partial charge in [-0.05, 0) is 42.9 Å². The van der Waals surface area contributed by atoms with Crippen molar-refractivity contribution in [2.45, 2.75) is 32.2 Å². The quantitative estimate of drug-likeness (QED) is 0.664.